The number of para-hydroxylation sites is 1. The zero-order chi connectivity index (χ0) is 42.2. The van der Waals surface area contributed by atoms with Gasteiger partial charge in [0.2, 0.25) is 0 Å². The van der Waals surface area contributed by atoms with Gasteiger partial charge in [-0.15, -0.1) is 10.0 Å². The topological polar surface area (TPSA) is 67.2 Å². The molecule has 6 heteroatoms. The molecule has 0 saturated carbocycles. The quantitative estimate of drug-likeness (QED) is 0.167. The molecular weight excluding hydrogens is 789 g/mol. The van der Waals surface area contributed by atoms with E-state index < -0.39 is 10.0 Å². The van der Waals surface area contributed by atoms with Gasteiger partial charge in [0.1, 0.15) is 11.3 Å². The second kappa shape index (κ2) is 14.7. The normalized spacial score (nSPS) is 21.9. The minimum absolute atomic E-state index is 0.00149. The molecule has 3 aliphatic carbocycles. The van der Waals surface area contributed by atoms with Crippen molar-refractivity contribution in [2.24, 2.45) is 5.92 Å². The first-order valence-corrected chi connectivity index (χ1v) is 23.7. The van der Waals surface area contributed by atoms with Gasteiger partial charge in [0.15, 0.2) is 0 Å². The summed E-state index contributed by atoms with van der Waals surface area (Å²) in [6, 6.07) is 57.3. The largest absolute Gasteiger partial charge is 0.459 e. The van der Waals surface area contributed by atoms with Crippen LogP contribution in [0.3, 0.4) is 0 Å². The van der Waals surface area contributed by atoms with Gasteiger partial charge in [0, 0.05) is 65.1 Å². The highest BCUT2D eigenvalue weighted by molar-refractivity contribution is 8.34. The SMILES string of the molecule is CC1CC2C3=C(CCC=C3)N(c3cccc(S(c4ccccc4)(c4ccccc4)c4cc(C#N)cc(N5c6ccc(C#N)cc6C6C=CC=CC65)c4)c3)C2c2oc3ccccc3c21. The van der Waals surface area contributed by atoms with Crippen molar-refractivity contribution in [2.75, 3.05) is 9.80 Å². The minimum Gasteiger partial charge on any atom is -0.459 e. The predicted octanol–water partition coefficient (Wildman–Crippen LogP) is 14.5. The van der Waals surface area contributed by atoms with E-state index in [1.807, 2.05) is 18.2 Å². The lowest BCUT2D eigenvalue weighted by atomic mass is 9.74. The number of furan rings is 1. The lowest BCUT2D eigenvalue weighted by Gasteiger charge is -2.43. The summed E-state index contributed by atoms with van der Waals surface area (Å²) in [5, 5.41) is 22.1. The van der Waals surface area contributed by atoms with E-state index in [-0.39, 0.29) is 18.0 Å². The van der Waals surface area contributed by atoms with Crippen molar-refractivity contribution in [3.63, 3.8) is 0 Å². The fourth-order valence-corrected chi connectivity index (χ4v) is 15.5. The van der Waals surface area contributed by atoms with Gasteiger partial charge in [-0.25, -0.2) is 0 Å². The molecule has 7 aromatic rings. The second-order valence-electron chi connectivity index (χ2n) is 17.4. The Bertz CT molecular complexity index is 3160. The van der Waals surface area contributed by atoms with Gasteiger partial charge in [-0.05, 0) is 121 Å². The molecule has 5 aliphatic rings. The van der Waals surface area contributed by atoms with Gasteiger partial charge in [-0.1, -0.05) is 104 Å². The molecule has 2 aliphatic heterocycles. The molecule has 0 radical (unpaired) electrons. The van der Waals surface area contributed by atoms with E-state index in [1.54, 1.807) is 0 Å². The van der Waals surface area contributed by atoms with Crippen LogP contribution in [0.25, 0.3) is 11.0 Å². The Hall–Kier alpha value is -7.25. The molecule has 0 saturated heterocycles. The molecule has 0 spiro atoms. The number of nitriles is 2. The third kappa shape index (κ3) is 5.61. The highest BCUT2D eigenvalue weighted by Gasteiger charge is 2.49. The molecule has 6 aromatic carbocycles. The molecule has 304 valence electrons. The third-order valence-electron chi connectivity index (χ3n) is 14.0. The molecule has 63 heavy (non-hydrogen) atoms. The van der Waals surface area contributed by atoms with Crippen LogP contribution in [0.15, 0.2) is 217 Å². The average Bonchev–Trinajstić information content (AvgIpc) is 4.01. The summed E-state index contributed by atoms with van der Waals surface area (Å²) in [5.74, 6) is 1.87. The zero-order valence-corrected chi connectivity index (χ0v) is 35.8. The third-order valence-corrected chi connectivity index (χ3v) is 17.9. The zero-order valence-electron chi connectivity index (χ0n) is 34.9. The molecule has 5 unspecified atom stereocenters. The molecule has 12 rings (SSSR count). The Morgan fingerprint density at radius 2 is 1.40 bits per heavy atom. The molecule has 3 heterocycles. The first-order valence-electron chi connectivity index (χ1n) is 22.0. The summed E-state index contributed by atoms with van der Waals surface area (Å²) in [5.41, 5.74) is 10.7. The van der Waals surface area contributed by atoms with Crippen LogP contribution in [0.2, 0.25) is 0 Å². The van der Waals surface area contributed by atoms with Crippen molar-refractivity contribution in [1.29, 1.82) is 10.5 Å². The maximum absolute atomic E-state index is 10.9. The molecule has 0 N–H and O–H groups in total. The van der Waals surface area contributed by atoms with Crippen LogP contribution in [0, 0.1) is 28.6 Å². The van der Waals surface area contributed by atoms with Crippen molar-refractivity contribution < 1.29 is 4.42 Å². The Labute approximate surface area is 370 Å². The lowest BCUT2D eigenvalue weighted by molar-refractivity contribution is 0.358. The van der Waals surface area contributed by atoms with E-state index in [2.05, 4.69) is 193 Å². The van der Waals surface area contributed by atoms with Crippen LogP contribution in [0.5, 0.6) is 0 Å². The van der Waals surface area contributed by atoms with E-state index in [9.17, 15) is 10.5 Å². The standard InChI is InChI=1S/C57H44N4OS/c1-37-29-50-47-22-9-12-25-52(47)61(56(50)57-55(37)48-23-10-13-26-54(48)62-57)40-15-14-20-44(33-40)63(42-16-4-2-5-17-42,43-18-6-3-7-19-43)45-31-39(36-59)30-41(34-45)60-51-24-11-8-21-46(51)49-32-38(35-58)27-28-53(49)60/h2-11,13-24,26-28,30-34,37,46,50-51,56H,12,25,29H2,1H3. The van der Waals surface area contributed by atoms with Crippen LogP contribution in [0.1, 0.15) is 72.1 Å². The Morgan fingerprint density at radius 1 is 0.667 bits per heavy atom. The number of fused-ring (bicyclic) bond motifs is 9. The molecule has 0 fully saturated rings. The van der Waals surface area contributed by atoms with Gasteiger partial charge in [0.25, 0.3) is 0 Å². The van der Waals surface area contributed by atoms with E-state index in [0.717, 1.165) is 58.1 Å². The Balaban J connectivity index is 1.10. The van der Waals surface area contributed by atoms with Gasteiger partial charge in [-0.3, -0.25) is 0 Å². The van der Waals surface area contributed by atoms with Crippen LogP contribution < -0.4 is 9.80 Å². The highest BCUT2D eigenvalue weighted by atomic mass is 32.3. The maximum Gasteiger partial charge on any atom is 0.134 e. The van der Waals surface area contributed by atoms with Crippen molar-refractivity contribution in [3.05, 3.63) is 221 Å². The number of hydrogen-bond donors (Lipinski definition) is 0. The molecule has 0 amide bonds. The van der Waals surface area contributed by atoms with E-state index in [1.165, 1.54) is 36.9 Å². The van der Waals surface area contributed by atoms with Gasteiger partial charge in [-0.2, -0.15) is 10.5 Å². The lowest BCUT2D eigenvalue weighted by Crippen LogP contribution is -2.30. The summed E-state index contributed by atoms with van der Waals surface area (Å²) in [7, 11) is -2.25. The fraction of sp³-hybridized carbons (Fsp3) is 0.158. The summed E-state index contributed by atoms with van der Waals surface area (Å²) in [6.07, 6.45) is 16.5. The number of rotatable bonds is 6. The van der Waals surface area contributed by atoms with Crippen molar-refractivity contribution in [1.82, 2.24) is 0 Å². The van der Waals surface area contributed by atoms with Crippen molar-refractivity contribution in [2.45, 2.75) is 69.7 Å². The molecular formula is C57H44N4OS. The summed E-state index contributed by atoms with van der Waals surface area (Å²) < 4.78 is 6.95. The number of nitrogens with zero attached hydrogens (tertiary/aromatic N) is 4. The fourth-order valence-electron chi connectivity index (χ4n) is 11.5. The Kier molecular flexibility index (Phi) is 8.75. The number of benzene rings is 6. The molecule has 5 nitrogen and oxygen atoms in total. The van der Waals surface area contributed by atoms with Crippen molar-refractivity contribution in [3.8, 4) is 12.1 Å². The monoisotopic (exact) mass is 832 g/mol. The summed E-state index contributed by atoms with van der Waals surface area (Å²) >= 11 is 0. The Morgan fingerprint density at radius 3 is 2.19 bits per heavy atom. The number of anilines is 3. The van der Waals surface area contributed by atoms with Crippen LogP contribution in [-0.2, 0) is 0 Å². The number of allylic oxidation sites excluding steroid dienone is 5. The smallest absolute Gasteiger partial charge is 0.134 e. The highest BCUT2D eigenvalue weighted by Crippen LogP contribution is 2.74. The first-order chi connectivity index (χ1) is 31.1. The summed E-state index contributed by atoms with van der Waals surface area (Å²) in [6.45, 7) is 2.37. The predicted molar refractivity (Wildman–Crippen MR) is 253 cm³/mol. The van der Waals surface area contributed by atoms with E-state index >= 15 is 0 Å². The maximum atomic E-state index is 10.9. The first kappa shape index (κ1) is 37.5. The van der Waals surface area contributed by atoms with E-state index in [4.69, 9.17) is 4.42 Å². The average molecular weight is 833 g/mol. The second-order valence-corrected chi connectivity index (χ2v) is 20.5. The van der Waals surface area contributed by atoms with Gasteiger partial charge < -0.3 is 14.2 Å². The molecule has 1 aromatic heterocycles. The minimum atomic E-state index is -2.25. The van der Waals surface area contributed by atoms with Gasteiger partial charge >= 0.3 is 0 Å². The van der Waals surface area contributed by atoms with Gasteiger partial charge in [0.05, 0.1) is 35.3 Å². The van der Waals surface area contributed by atoms with Crippen LogP contribution in [0.4, 0.5) is 17.1 Å². The molecule has 0 bridgehead atoms. The van der Waals surface area contributed by atoms with E-state index in [0.29, 0.717) is 23.0 Å². The molecule has 5 atom stereocenters. The van der Waals surface area contributed by atoms with Crippen LogP contribution in [-0.4, -0.2) is 6.04 Å². The summed E-state index contributed by atoms with van der Waals surface area (Å²) in [4.78, 5) is 9.69. The number of hydrogen-bond acceptors (Lipinski definition) is 5. The van der Waals surface area contributed by atoms with Crippen LogP contribution >= 0.6 is 10.0 Å². The van der Waals surface area contributed by atoms with Crippen molar-refractivity contribution >= 4 is 38.1 Å².